The molecule has 25 heavy (non-hydrogen) atoms. The number of nitrogens with one attached hydrogen (secondary N) is 1. The molecule has 1 atom stereocenters. The Hall–Kier alpha value is -2.34. The van der Waals surface area contributed by atoms with Gasteiger partial charge in [-0.2, -0.15) is 5.10 Å². The molecule has 0 aliphatic carbocycles. The smallest absolute Gasteiger partial charge is 0.193 e. The summed E-state index contributed by atoms with van der Waals surface area (Å²) in [6.45, 7) is 4.26. The van der Waals surface area contributed by atoms with Crippen molar-refractivity contribution < 1.29 is 4.74 Å². The van der Waals surface area contributed by atoms with E-state index in [-0.39, 0.29) is 0 Å². The maximum atomic E-state index is 5.46. The van der Waals surface area contributed by atoms with Crippen LogP contribution in [0.3, 0.4) is 0 Å². The van der Waals surface area contributed by atoms with Gasteiger partial charge in [0.1, 0.15) is 0 Å². The Labute approximate surface area is 149 Å². The van der Waals surface area contributed by atoms with Crippen LogP contribution >= 0.6 is 0 Å². The summed E-state index contributed by atoms with van der Waals surface area (Å²) in [6.07, 6.45) is 4.92. The molecule has 0 spiro atoms. The number of nitrogens with zero attached hydrogens (tertiary/aromatic N) is 4. The predicted octanol–water partition coefficient (Wildman–Crippen LogP) is 1.98. The highest BCUT2D eigenvalue weighted by molar-refractivity contribution is 5.79. The van der Waals surface area contributed by atoms with E-state index in [9.17, 15) is 0 Å². The largest absolute Gasteiger partial charge is 0.381 e. The number of benzene rings is 1. The van der Waals surface area contributed by atoms with Gasteiger partial charge >= 0.3 is 0 Å². The fourth-order valence-electron chi connectivity index (χ4n) is 3.19. The summed E-state index contributed by atoms with van der Waals surface area (Å²) in [4.78, 5) is 6.59. The van der Waals surface area contributed by atoms with Gasteiger partial charge in [-0.05, 0) is 23.6 Å². The lowest BCUT2D eigenvalue weighted by Crippen LogP contribution is -2.41. The van der Waals surface area contributed by atoms with E-state index in [2.05, 4.69) is 51.6 Å². The van der Waals surface area contributed by atoms with Crippen molar-refractivity contribution in [3.8, 4) is 0 Å². The summed E-state index contributed by atoms with van der Waals surface area (Å²) >= 11 is 0. The number of aromatic nitrogens is 2. The van der Waals surface area contributed by atoms with Gasteiger partial charge in [0.25, 0.3) is 0 Å². The van der Waals surface area contributed by atoms with Crippen LogP contribution in [0.2, 0.25) is 0 Å². The molecule has 1 aromatic carbocycles. The van der Waals surface area contributed by atoms with E-state index in [0.29, 0.717) is 5.92 Å². The van der Waals surface area contributed by atoms with Crippen molar-refractivity contribution in [1.82, 2.24) is 20.0 Å². The summed E-state index contributed by atoms with van der Waals surface area (Å²) in [5.41, 5.74) is 2.48. The highest BCUT2D eigenvalue weighted by Crippen LogP contribution is 2.13. The minimum Gasteiger partial charge on any atom is -0.381 e. The summed E-state index contributed by atoms with van der Waals surface area (Å²) < 4.78 is 7.40. The van der Waals surface area contributed by atoms with Crippen molar-refractivity contribution in [2.45, 2.75) is 19.5 Å². The first-order chi connectivity index (χ1) is 12.2. The molecule has 1 fully saturated rings. The number of hydrogen-bond acceptors (Lipinski definition) is 3. The summed E-state index contributed by atoms with van der Waals surface area (Å²) in [6, 6.07) is 10.5. The second-order valence-corrected chi connectivity index (χ2v) is 6.53. The normalized spacial score (nSPS) is 17.7. The molecule has 2 heterocycles. The van der Waals surface area contributed by atoms with E-state index in [1.54, 1.807) is 6.20 Å². The van der Waals surface area contributed by atoms with Crippen LogP contribution in [0.25, 0.3) is 0 Å². The van der Waals surface area contributed by atoms with Crippen LogP contribution in [0.4, 0.5) is 0 Å². The predicted molar refractivity (Wildman–Crippen MR) is 99.5 cm³/mol. The zero-order valence-electron chi connectivity index (χ0n) is 15.1. The van der Waals surface area contributed by atoms with Gasteiger partial charge in [0.05, 0.1) is 13.2 Å². The molecule has 2 aromatic rings. The van der Waals surface area contributed by atoms with Gasteiger partial charge in [-0.25, -0.2) is 0 Å². The first-order valence-corrected chi connectivity index (χ1v) is 8.79. The minimum atomic E-state index is 0.598. The summed E-state index contributed by atoms with van der Waals surface area (Å²) in [5, 5.41) is 7.72. The number of guanidine groups is 1. The standard InChI is InChI=1S/C19H27N5O/c1-20-19(23(2)13-18-7-10-25-15-18)21-12-16-5-3-6-17(11-16)14-24-9-4-8-22-24/h3-6,8-9,11,18H,7,10,12-15H2,1-2H3,(H,20,21). The molecule has 0 radical (unpaired) electrons. The number of rotatable bonds is 6. The van der Waals surface area contributed by atoms with Crippen LogP contribution in [0, 0.1) is 5.92 Å². The molecular formula is C19H27N5O. The number of ether oxygens (including phenoxy) is 1. The third kappa shape index (κ3) is 5.06. The Morgan fingerprint density at radius 3 is 3.00 bits per heavy atom. The van der Waals surface area contributed by atoms with Crippen molar-refractivity contribution >= 4 is 5.96 Å². The first kappa shape index (κ1) is 17.5. The zero-order chi connectivity index (χ0) is 17.5. The van der Waals surface area contributed by atoms with Gasteiger partial charge in [0.2, 0.25) is 0 Å². The third-order valence-electron chi connectivity index (χ3n) is 4.48. The summed E-state index contributed by atoms with van der Waals surface area (Å²) in [5.74, 6) is 1.52. The maximum absolute atomic E-state index is 5.46. The lowest BCUT2D eigenvalue weighted by molar-refractivity contribution is 0.181. The minimum absolute atomic E-state index is 0.598. The zero-order valence-corrected chi connectivity index (χ0v) is 15.1. The molecule has 1 aliphatic heterocycles. The van der Waals surface area contributed by atoms with Crippen molar-refractivity contribution in [2.75, 3.05) is 33.9 Å². The molecule has 0 bridgehead atoms. The number of aliphatic imine (C=N–C) groups is 1. The van der Waals surface area contributed by atoms with E-state index < -0.39 is 0 Å². The Morgan fingerprint density at radius 2 is 2.28 bits per heavy atom. The second kappa shape index (κ2) is 8.67. The van der Waals surface area contributed by atoms with Crippen LogP contribution in [0.5, 0.6) is 0 Å². The van der Waals surface area contributed by atoms with Gasteiger partial charge in [-0.1, -0.05) is 24.3 Å². The summed E-state index contributed by atoms with van der Waals surface area (Å²) in [7, 11) is 3.92. The van der Waals surface area contributed by atoms with E-state index in [4.69, 9.17) is 4.74 Å². The average Bonchev–Trinajstić information content (AvgIpc) is 3.30. The second-order valence-electron chi connectivity index (χ2n) is 6.53. The van der Waals surface area contributed by atoms with Crippen LogP contribution in [-0.4, -0.2) is 54.5 Å². The topological polar surface area (TPSA) is 54.7 Å². The van der Waals surface area contributed by atoms with E-state index >= 15 is 0 Å². The highest BCUT2D eigenvalue weighted by atomic mass is 16.5. The highest BCUT2D eigenvalue weighted by Gasteiger charge is 2.18. The molecule has 1 unspecified atom stereocenters. The molecule has 1 aromatic heterocycles. The number of hydrogen-bond donors (Lipinski definition) is 1. The van der Waals surface area contributed by atoms with E-state index in [1.165, 1.54) is 11.1 Å². The SMILES string of the molecule is CN=C(NCc1cccc(Cn2cccn2)c1)N(C)CC1CCOC1. The van der Waals surface area contributed by atoms with Crippen molar-refractivity contribution in [3.05, 3.63) is 53.9 Å². The first-order valence-electron chi connectivity index (χ1n) is 8.79. The quantitative estimate of drug-likeness (QED) is 0.645. The molecule has 3 rings (SSSR count). The molecular weight excluding hydrogens is 314 g/mol. The molecule has 134 valence electrons. The van der Waals surface area contributed by atoms with Crippen molar-refractivity contribution in [2.24, 2.45) is 10.9 Å². The molecule has 1 N–H and O–H groups in total. The Morgan fingerprint density at radius 1 is 1.40 bits per heavy atom. The fourth-order valence-corrected chi connectivity index (χ4v) is 3.19. The monoisotopic (exact) mass is 341 g/mol. The lowest BCUT2D eigenvalue weighted by Gasteiger charge is -2.24. The third-order valence-corrected chi connectivity index (χ3v) is 4.48. The van der Waals surface area contributed by atoms with Crippen LogP contribution in [0.1, 0.15) is 17.5 Å². The fraction of sp³-hybridized carbons (Fsp3) is 0.474. The molecule has 1 saturated heterocycles. The van der Waals surface area contributed by atoms with Gasteiger partial charge < -0.3 is 15.0 Å². The molecule has 0 amide bonds. The lowest BCUT2D eigenvalue weighted by atomic mass is 10.1. The van der Waals surface area contributed by atoms with Gasteiger partial charge in [0.15, 0.2) is 5.96 Å². The van der Waals surface area contributed by atoms with Gasteiger partial charge in [0, 0.05) is 52.1 Å². The van der Waals surface area contributed by atoms with Crippen LogP contribution in [0.15, 0.2) is 47.7 Å². The molecule has 1 aliphatic rings. The van der Waals surface area contributed by atoms with Crippen LogP contribution in [-0.2, 0) is 17.8 Å². The Kier molecular flexibility index (Phi) is 6.06. The molecule has 6 nitrogen and oxygen atoms in total. The Balaban J connectivity index is 1.54. The van der Waals surface area contributed by atoms with Crippen molar-refractivity contribution in [3.63, 3.8) is 0 Å². The van der Waals surface area contributed by atoms with E-state index in [0.717, 1.165) is 45.2 Å². The van der Waals surface area contributed by atoms with Crippen molar-refractivity contribution in [1.29, 1.82) is 0 Å². The van der Waals surface area contributed by atoms with Gasteiger partial charge in [-0.3, -0.25) is 9.67 Å². The average molecular weight is 341 g/mol. The maximum Gasteiger partial charge on any atom is 0.193 e. The van der Waals surface area contributed by atoms with Crippen LogP contribution < -0.4 is 5.32 Å². The van der Waals surface area contributed by atoms with E-state index in [1.807, 2.05) is 24.0 Å². The Bertz CT molecular complexity index is 677. The van der Waals surface area contributed by atoms with Gasteiger partial charge in [-0.15, -0.1) is 0 Å². The molecule has 0 saturated carbocycles. The molecule has 6 heteroatoms.